The summed E-state index contributed by atoms with van der Waals surface area (Å²) in [5.41, 5.74) is -0.201. The third-order valence-electron chi connectivity index (χ3n) is 3.49. The monoisotopic (exact) mass is 431 g/mol. The molecule has 0 spiro atoms. The molecule has 2 aromatic rings. The first-order chi connectivity index (χ1) is 11.8. The molecule has 0 saturated heterocycles. The molecule has 0 radical (unpaired) electrons. The summed E-state index contributed by atoms with van der Waals surface area (Å²) in [5, 5.41) is 2.43. The maximum Gasteiger partial charge on any atom is 0.259 e. The molecule has 0 bridgehead atoms. The van der Waals surface area contributed by atoms with Gasteiger partial charge >= 0.3 is 0 Å². The Morgan fingerprint density at radius 1 is 1.32 bits per heavy atom. The van der Waals surface area contributed by atoms with Crippen LogP contribution in [0.5, 0.6) is 5.75 Å². The Hall–Kier alpha value is -1.66. The van der Waals surface area contributed by atoms with E-state index in [-0.39, 0.29) is 32.6 Å². The SMILES string of the molecule is CCCC(C)Oc1cc(Br)c(F)cc1C(=O)Nc1c(F)cccc1Cl. The molecule has 7 heteroatoms. The van der Waals surface area contributed by atoms with E-state index in [9.17, 15) is 13.6 Å². The van der Waals surface area contributed by atoms with Crippen molar-refractivity contribution >= 4 is 39.1 Å². The van der Waals surface area contributed by atoms with Crippen molar-refractivity contribution < 1.29 is 18.3 Å². The van der Waals surface area contributed by atoms with Gasteiger partial charge in [0.2, 0.25) is 0 Å². The molecular weight excluding hydrogens is 416 g/mol. The highest BCUT2D eigenvalue weighted by molar-refractivity contribution is 9.10. The lowest BCUT2D eigenvalue weighted by Gasteiger charge is -2.18. The maximum atomic E-state index is 13.9. The number of ether oxygens (including phenoxy) is 1. The number of carbonyl (C=O) groups is 1. The van der Waals surface area contributed by atoms with Crippen LogP contribution in [-0.2, 0) is 0 Å². The third kappa shape index (κ3) is 4.92. The highest BCUT2D eigenvalue weighted by Gasteiger charge is 2.20. The summed E-state index contributed by atoms with van der Waals surface area (Å²) in [6.07, 6.45) is 1.51. The number of rotatable bonds is 6. The van der Waals surface area contributed by atoms with E-state index in [4.69, 9.17) is 16.3 Å². The molecule has 2 rings (SSSR count). The number of anilines is 1. The van der Waals surface area contributed by atoms with Crippen molar-refractivity contribution in [1.29, 1.82) is 0 Å². The fraction of sp³-hybridized carbons (Fsp3) is 0.278. The second-order valence-electron chi connectivity index (χ2n) is 5.53. The molecule has 0 aliphatic rings. The molecule has 0 fully saturated rings. The number of halogens is 4. The van der Waals surface area contributed by atoms with Crippen molar-refractivity contribution in [3.63, 3.8) is 0 Å². The topological polar surface area (TPSA) is 38.3 Å². The van der Waals surface area contributed by atoms with Crippen molar-refractivity contribution in [2.24, 2.45) is 0 Å². The Kier molecular flexibility index (Phi) is 6.79. The molecule has 1 atom stereocenters. The smallest absolute Gasteiger partial charge is 0.259 e. The Labute approximate surface area is 158 Å². The summed E-state index contributed by atoms with van der Waals surface area (Å²) in [7, 11) is 0. The van der Waals surface area contributed by atoms with Crippen molar-refractivity contribution in [3.8, 4) is 5.75 Å². The molecule has 0 aliphatic heterocycles. The minimum atomic E-state index is -0.711. The van der Waals surface area contributed by atoms with Crippen LogP contribution in [0.4, 0.5) is 14.5 Å². The zero-order valence-corrected chi connectivity index (χ0v) is 16.0. The van der Waals surface area contributed by atoms with Gasteiger partial charge in [0.15, 0.2) is 0 Å². The van der Waals surface area contributed by atoms with E-state index in [0.717, 1.165) is 18.9 Å². The Morgan fingerprint density at radius 2 is 2.04 bits per heavy atom. The number of benzene rings is 2. The van der Waals surface area contributed by atoms with Crippen LogP contribution in [0.3, 0.4) is 0 Å². The van der Waals surface area contributed by atoms with E-state index < -0.39 is 17.5 Å². The summed E-state index contributed by atoms with van der Waals surface area (Å²) in [6, 6.07) is 6.47. The second kappa shape index (κ2) is 8.63. The predicted molar refractivity (Wildman–Crippen MR) is 98.5 cm³/mol. The number of para-hydroxylation sites is 1. The quantitative estimate of drug-likeness (QED) is 0.590. The van der Waals surface area contributed by atoms with Gasteiger partial charge in [0.25, 0.3) is 5.91 Å². The minimum absolute atomic E-state index is 0.0389. The largest absolute Gasteiger partial charge is 0.490 e. The molecular formula is C18H17BrClF2NO2. The zero-order chi connectivity index (χ0) is 18.6. The average molecular weight is 433 g/mol. The maximum absolute atomic E-state index is 13.9. The van der Waals surface area contributed by atoms with Crippen LogP contribution >= 0.6 is 27.5 Å². The number of hydrogen-bond donors (Lipinski definition) is 1. The van der Waals surface area contributed by atoms with Crippen LogP contribution in [0.2, 0.25) is 5.02 Å². The molecule has 2 aromatic carbocycles. The number of carbonyl (C=O) groups excluding carboxylic acids is 1. The van der Waals surface area contributed by atoms with Gasteiger partial charge in [0, 0.05) is 0 Å². The highest BCUT2D eigenvalue weighted by Crippen LogP contribution is 2.30. The van der Waals surface area contributed by atoms with Gasteiger partial charge in [-0.1, -0.05) is 31.0 Å². The van der Waals surface area contributed by atoms with Crippen LogP contribution in [0, 0.1) is 11.6 Å². The summed E-state index contributed by atoms with van der Waals surface area (Å²) < 4.78 is 33.7. The first-order valence-corrected chi connectivity index (χ1v) is 8.91. The Balaban J connectivity index is 2.36. The van der Waals surface area contributed by atoms with Crippen LogP contribution in [0.25, 0.3) is 0 Å². The summed E-state index contributed by atoms with van der Waals surface area (Å²) in [6.45, 7) is 3.87. The van der Waals surface area contributed by atoms with Crippen molar-refractivity contribution in [3.05, 3.63) is 57.0 Å². The molecule has 1 amide bonds. The van der Waals surface area contributed by atoms with Gasteiger partial charge in [-0.05, 0) is 53.5 Å². The molecule has 25 heavy (non-hydrogen) atoms. The lowest BCUT2D eigenvalue weighted by Crippen LogP contribution is -2.18. The zero-order valence-electron chi connectivity index (χ0n) is 13.7. The van der Waals surface area contributed by atoms with Crippen LogP contribution in [0.15, 0.2) is 34.8 Å². The first kappa shape index (κ1) is 19.7. The minimum Gasteiger partial charge on any atom is -0.490 e. The van der Waals surface area contributed by atoms with Crippen molar-refractivity contribution in [2.75, 3.05) is 5.32 Å². The fourth-order valence-electron chi connectivity index (χ4n) is 2.28. The van der Waals surface area contributed by atoms with Gasteiger partial charge in [-0.2, -0.15) is 0 Å². The highest BCUT2D eigenvalue weighted by atomic mass is 79.9. The van der Waals surface area contributed by atoms with Gasteiger partial charge in [-0.3, -0.25) is 4.79 Å². The Bertz CT molecular complexity index is 766. The normalized spacial score (nSPS) is 11.9. The summed E-state index contributed by atoms with van der Waals surface area (Å²) in [4.78, 5) is 12.5. The Morgan fingerprint density at radius 3 is 2.68 bits per heavy atom. The second-order valence-corrected chi connectivity index (χ2v) is 6.79. The van der Waals surface area contributed by atoms with E-state index >= 15 is 0 Å². The molecule has 1 N–H and O–H groups in total. The average Bonchev–Trinajstić information content (AvgIpc) is 2.54. The van der Waals surface area contributed by atoms with Gasteiger partial charge < -0.3 is 10.1 Å². The molecule has 1 unspecified atom stereocenters. The van der Waals surface area contributed by atoms with E-state index in [0.29, 0.717) is 0 Å². The van der Waals surface area contributed by atoms with E-state index in [1.807, 2.05) is 13.8 Å². The van der Waals surface area contributed by atoms with Crippen molar-refractivity contribution in [2.45, 2.75) is 32.8 Å². The van der Waals surface area contributed by atoms with Crippen molar-refractivity contribution in [1.82, 2.24) is 0 Å². The summed E-state index contributed by atoms with van der Waals surface area (Å²) >= 11 is 9.00. The third-order valence-corrected chi connectivity index (χ3v) is 4.41. The standard InChI is InChI=1S/C18H17BrClF2NO2/c1-3-5-10(2)25-16-9-12(19)15(22)8-11(16)18(24)23-17-13(20)6-4-7-14(17)21/h4,6-10H,3,5H2,1-2H3,(H,23,24). The molecule has 0 aromatic heterocycles. The van der Waals surface area contributed by atoms with E-state index in [1.54, 1.807) is 0 Å². The number of hydrogen-bond acceptors (Lipinski definition) is 2. The lowest BCUT2D eigenvalue weighted by molar-refractivity contribution is 0.101. The molecule has 0 aliphatic carbocycles. The van der Waals surface area contributed by atoms with Crippen LogP contribution in [-0.4, -0.2) is 12.0 Å². The molecule has 0 saturated carbocycles. The van der Waals surface area contributed by atoms with Gasteiger partial charge in [0.1, 0.15) is 17.4 Å². The van der Waals surface area contributed by atoms with Gasteiger partial charge in [-0.15, -0.1) is 0 Å². The fourth-order valence-corrected chi connectivity index (χ4v) is 2.82. The van der Waals surface area contributed by atoms with E-state index in [1.165, 1.54) is 24.3 Å². The number of amides is 1. The first-order valence-electron chi connectivity index (χ1n) is 7.74. The van der Waals surface area contributed by atoms with Crippen LogP contribution in [0.1, 0.15) is 37.0 Å². The van der Waals surface area contributed by atoms with Crippen LogP contribution < -0.4 is 10.1 Å². The van der Waals surface area contributed by atoms with Gasteiger partial charge in [0.05, 0.1) is 26.9 Å². The number of nitrogens with one attached hydrogen (secondary N) is 1. The molecule has 3 nitrogen and oxygen atoms in total. The summed E-state index contributed by atoms with van der Waals surface area (Å²) in [5.74, 6) is -1.81. The van der Waals surface area contributed by atoms with Gasteiger partial charge in [-0.25, -0.2) is 8.78 Å². The van der Waals surface area contributed by atoms with E-state index in [2.05, 4.69) is 21.2 Å². The predicted octanol–water partition coefficient (Wildman–Crippen LogP) is 6.20. The molecule has 0 heterocycles. The lowest BCUT2D eigenvalue weighted by atomic mass is 10.1. The molecule has 134 valence electrons.